The molecule has 2 rings (SSSR count). The van der Waals surface area contributed by atoms with Crippen molar-refractivity contribution in [1.29, 1.82) is 0 Å². The van der Waals surface area contributed by atoms with Gasteiger partial charge < -0.3 is 4.90 Å². The van der Waals surface area contributed by atoms with Crippen LogP contribution in [0.3, 0.4) is 0 Å². The highest BCUT2D eigenvalue weighted by molar-refractivity contribution is 5.95. The van der Waals surface area contributed by atoms with E-state index < -0.39 is 4.92 Å². The lowest BCUT2D eigenvalue weighted by atomic mass is 9.92. The van der Waals surface area contributed by atoms with Gasteiger partial charge in [-0.3, -0.25) is 14.9 Å². The standard InChI is InChI=1S/C17H24N2O3/c1-12(2)18(15-7-5-4-6-8-15)17(20)14-10-9-13(3)16(11-14)19(21)22/h9-12,15H,4-8H2,1-3H3. The molecule has 0 radical (unpaired) electrons. The summed E-state index contributed by atoms with van der Waals surface area (Å²) in [4.78, 5) is 25.4. The summed E-state index contributed by atoms with van der Waals surface area (Å²) in [7, 11) is 0. The predicted octanol–water partition coefficient (Wildman–Crippen LogP) is 4.09. The Hall–Kier alpha value is -1.91. The number of amides is 1. The third-order valence-electron chi connectivity index (χ3n) is 4.41. The molecule has 0 spiro atoms. The Morgan fingerprint density at radius 3 is 2.45 bits per heavy atom. The van der Waals surface area contributed by atoms with E-state index in [1.165, 1.54) is 12.5 Å². The number of hydrogen-bond acceptors (Lipinski definition) is 3. The van der Waals surface area contributed by atoms with E-state index in [0.717, 1.165) is 25.7 Å². The molecule has 1 aliphatic carbocycles. The number of rotatable bonds is 4. The summed E-state index contributed by atoms with van der Waals surface area (Å²) in [5, 5.41) is 11.1. The van der Waals surface area contributed by atoms with Crippen LogP contribution in [0.1, 0.15) is 61.9 Å². The zero-order valence-corrected chi connectivity index (χ0v) is 13.5. The maximum atomic E-state index is 12.9. The summed E-state index contributed by atoms with van der Waals surface area (Å²) in [6.45, 7) is 5.71. The van der Waals surface area contributed by atoms with Gasteiger partial charge in [0.05, 0.1) is 4.92 Å². The van der Waals surface area contributed by atoms with Crippen LogP contribution in [0.2, 0.25) is 0 Å². The Bertz CT molecular complexity index is 563. The summed E-state index contributed by atoms with van der Waals surface area (Å²) >= 11 is 0. The zero-order chi connectivity index (χ0) is 16.3. The molecule has 1 aliphatic rings. The number of nitrogens with zero attached hydrogens (tertiary/aromatic N) is 2. The SMILES string of the molecule is Cc1ccc(C(=O)N(C(C)C)C2CCCCC2)cc1[N+](=O)[O-]. The van der Waals surface area contributed by atoms with Crippen LogP contribution in [-0.2, 0) is 0 Å². The maximum absolute atomic E-state index is 12.9. The lowest BCUT2D eigenvalue weighted by Crippen LogP contribution is -2.45. The fraction of sp³-hybridized carbons (Fsp3) is 0.588. The number of aryl methyl sites for hydroxylation is 1. The van der Waals surface area contributed by atoms with Gasteiger partial charge in [-0.2, -0.15) is 0 Å². The average molecular weight is 304 g/mol. The van der Waals surface area contributed by atoms with Crippen molar-refractivity contribution in [2.24, 2.45) is 0 Å². The van der Waals surface area contributed by atoms with Gasteiger partial charge in [0.25, 0.3) is 11.6 Å². The molecule has 0 aromatic heterocycles. The van der Waals surface area contributed by atoms with Gasteiger partial charge in [0.2, 0.25) is 0 Å². The molecule has 5 heteroatoms. The lowest BCUT2D eigenvalue weighted by Gasteiger charge is -2.37. The van der Waals surface area contributed by atoms with Gasteiger partial charge in [-0.1, -0.05) is 25.3 Å². The van der Waals surface area contributed by atoms with Crippen LogP contribution >= 0.6 is 0 Å². The molecule has 0 unspecified atom stereocenters. The van der Waals surface area contributed by atoms with Crippen LogP contribution < -0.4 is 0 Å². The van der Waals surface area contributed by atoms with Crippen molar-refractivity contribution in [3.05, 3.63) is 39.4 Å². The fourth-order valence-corrected chi connectivity index (χ4v) is 3.27. The smallest absolute Gasteiger partial charge is 0.273 e. The minimum Gasteiger partial charge on any atom is -0.333 e. The van der Waals surface area contributed by atoms with Crippen molar-refractivity contribution in [3.63, 3.8) is 0 Å². The van der Waals surface area contributed by atoms with Crippen LogP contribution in [-0.4, -0.2) is 27.8 Å². The number of hydrogen-bond donors (Lipinski definition) is 0. The van der Waals surface area contributed by atoms with Crippen LogP contribution in [0.15, 0.2) is 18.2 Å². The first-order valence-corrected chi connectivity index (χ1v) is 7.99. The Morgan fingerprint density at radius 1 is 1.27 bits per heavy atom. The molecule has 1 aromatic carbocycles. The second-order valence-electron chi connectivity index (χ2n) is 6.36. The Labute approximate surface area is 131 Å². The van der Waals surface area contributed by atoms with Crippen LogP contribution in [0.25, 0.3) is 0 Å². The molecule has 0 heterocycles. The second-order valence-corrected chi connectivity index (χ2v) is 6.36. The van der Waals surface area contributed by atoms with Crippen molar-refractivity contribution in [2.45, 2.75) is 65.0 Å². The summed E-state index contributed by atoms with van der Waals surface area (Å²) < 4.78 is 0. The maximum Gasteiger partial charge on any atom is 0.273 e. The van der Waals surface area contributed by atoms with Crippen LogP contribution in [0.5, 0.6) is 0 Å². The largest absolute Gasteiger partial charge is 0.333 e. The minimum absolute atomic E-state index is 0.0122. The fourth-order valence-electron chi connectivity index (χ4n) is 3.27. The Balaban J connectivity index is 2.30. The van der Waals surface area contributed by atoms with Gasteiger partial charge in [-0.25, -0.2) is 0 Å². The van der Waals surface area contributed by atoms with E-state index in [1.54, 1.807) is 19.1 Å². The van der Waals surface area contributed by atoms with E-state index in [9.17, 15) is 14.9 Å². The average Bonchev–Trinajstić information content (AvgIpc) is 2.48. The molecule has 1 aromatic rings. The first-order chi connectivity index (χ1) is 10.4. The van der Waals surface area contributed by atoms with Gasteiger partial charge >= 0.3 is 0 Å². The molecular formula is C17H24N2O3. The van der Waals surface area contributed by atoms with E-state index in [2.05, 4.69) is 0 Å². The van der Waals surface area contributed by atoms with E-state index in [-0.39, 0.29) is 23.7 Å². The van der Waals surface area contributed by atoms with Gasteiger partial charge in [0, 0.05) is 29.3 Å². The molecule has 0 N–H and O–H groups in total. The molecule has 0 aliphatic heterocycles. The highest BCUT2D eigenvalue weighted by atomic mass is 16.6. The van der Waals surface area contributed by atoms with Crippen molar-refractivity contribution < 1.29 is 9.72 Å². The molecule has 22 heavy (non-hydrogen) atoms. The lowest BCUT2D eigenvalue weighted by molar-refractivity contribution is -0.385. The monoisotopic (exact) mass is 304 g/mol. The third kappa shape index (κ3) is 3.46. The zero-order valence-electron chi connectivity index (χ0n) is 13.5. The van der Waals surface area contributed by atoms with Crippen LogP contribution in [0, 0.1) is 17.0 Å². The van der Waals surface area contributed by atoms with E-state index in [4.69, 9.17) is 0 Å². The van der Waals surface area contributed by atoms with E-state index in [1.807, 2.05) is 18.7 Å². The quantitative estimate of drug-likeness (QED) is 0.621. The Kier molecular flexibility index (Phi) is 5.16. The normalized spacial score (nSPS) is 15.8. The third-order valence-corrected chi connectivity index (χ3v) is 4.41. The first-order valence-electron chi connectivity index (χ1n) is 7.99. The first kappa shape index (κ1) is 16.5. The molecule has 120 valence electrons. The molecule has 1 fully saturated rings. The molecule has 0 saturated heterocycles. The highest BCUT2D eigenvalue weighted by Gasteiger charge is 2.29. The van der Waals surface area contributed by atoms with Gasteiger partial charge in [-0.05, 0) is 39.7 Å². The highest BCUT2D eigenvalue weighted by Crippen LogP contribution is 2.27. The second kappa shape index (κ2) is 6.90. The van der Waals surface area contributed by atoms with Gasteiger partial charge in [0.15, 0.2) is 0 Å². The molecule has 1 amide bonds. The number of carbonyl (C=O) groups is 1. The molecule has 0 bridgehead atoms. The molecule has 0 atom stereocenters. The van der Waals surface area contributed by atoms with Gasteiger partial charge in [-0.15, -0.1) is 0 Å². The summed E-state index contributed by atoms with van der Waals surface area (Å²) in [6, 6.07) is 5.11. The number of benzene rings is 1. The predicted molar refractivity (Wildman–Crippen MR) is 86.0 cm³/mol. The van der Waals surface area contributed by atoms with Crippen molar-refractivity contribution in [2.75, 3.05) is 0 Å². The van der Waals surface area contributed by atoms with Gasteiger partial charge in [0.1, 0.15) is 0 Å². The molecule has 5 nitrogen and oxygen atoms in total. The summed E-state index contributed by atoms with van der Waals surface area (Å²) in [5.41, 5.74) is 1.00. The van der Waals surface area contributed by atoms with Crippen molar-refractivity contribution in [1.82, 2.24) is 4.90 Å². The number of nitro benzene ring substituents is 1. The Morgan fingerprint density at radius 2 is 1.91 bits per heavy atom. The minimum atomic E-state index is -0.424. The number of nitro groups is 1. The van der Waals surface area contributed by atoms with E-state index in [0.29, 0.717) is 11.1 Å². The van der Waals surface area contributed by atoms with Crippen LogP contribution in [0.4, 0.5) is 5.69 Å². The summed E-state index contributed by atoms with van der Waals surface area (Å²) in [6.07, 6.45) is 5.58. The number of carbonyl (C=O) groups excluding carboxylic acids is 1. The van der Waals surface area contributed by atoms with Crippen molar-refractivity contribution in [3.8, 4) is 0 Å². The van der Waals surface area contributed by atoms with Crippen molar-refractivity contribution >= 4 is 11.6 Å². The topological polar surface area (TPSA) is 63.5 Å². The van der Waals surface area contributed by atoms with E-state index >= 15 is 0 Å². The molecule has 1 saturated carbocycles. The summed E-state index contributed by atoms with van der Waals surface area (Å²) in [5.74, 6) is -0.0926. The molecular weight excluding hydrogens is 280 g/mol.